The molecule has 0 aliphatic carbocycles. The molecule has 2 rings (SSSR count). The van der Waals surface area contributed by atoms with Crippen LogP contribution < -0.4 is 4.31 Å². The standard InChI is InChI=1S/C13H10F3NO2S/c1-17(13-6-5-10(15)8-12(13)16)20(18,19)11-4-2-3-9(14)7-11/h2-8H,1H3. The number of anilines is 1. The van der Waals surface area contributed by atoms with E-state index in [9.17, 15) is 21.6 Å². The van der Waals surface area contributed by atoms with Crippen molar-refractivity contribution in [1.29, 1.82) is 0 Å². The maximum Gasteiger partial charge on any atom is 0.264 e. The summed E-state index contributed by atoms with van der Waals surface area (Å²) in [5.74, 6) is -2.56. The van der Waals surface area contributed by atoms with Gasteiger partial charge in [0.05, 0.1) is 10.6 Å². The molecule has 20 heavy (non-hydrogen) atoms. The molecular weight excluding hydrogens is 291 g/mol. The Balaban J connectivity index is 2.49. The predicted molar refractivity (Wildman–Crippen MR) is 68.3 cm³/mol. The van der Waals surface area contributed by atoms with Crippen LogP contribution in [0, 0.1) is 17.5 Å². The molecule has 2 aromatic carbocycles. The van der Waals surface area contributed by atoms with Gasteiger partial charge in [-0.3, -0.25) is 4.31 Å². The molecule has 0 atom stereocenters. The Labute approximate surface area is 114 Å². The van der Waals surface area contributed by atoms with Crippen LogP contribution in [-0.4, -0.2) is 15.5 Å². The third-order valence-electron chi connectivity index (χ3n) is 2.70. The minimum absolute atomic E-state index is 0.316. The number of rotatable bonds is 3. The molecule has 0 saturated carbocycles. The molecule has 0 spiro atoms. The van der Waals surface area contributed by atoms with Crippen LogP contribution in [0.4, 0.5) is 18.9 Å². The van der Waals surface area contributed by atoms with Crippen LogP contribution in [0.5, 0.6) is 0 Å². The summed E-state index contributed by atoms with van der Waals surface area (Å²) in [5.41, 5.74) is -0.323. The van der Waals surface area contributed by atoms with Crippen molar-refractivity contribution in [2.24, 2.45) is 0 Å². The lowest BCUT2D eigenvalue weighted by Crippen LogP contribution is -2.27. The third-order valence-corrected chi connectivity index (χ3v) is 4.47. The van der Waals surface area contributed by atoms with Crippen molar-refractivity contribution < 1.29 is 21.6 Å². The van der Waals surface area contributed by atoms with Gasteiger partial charge in [0.25, 0.3) is 10.0 Å². The maximum atomic E-state index is 13.6. The van der Waals surface area contributed by atoms with Gasteiger partial charge >= 0.3 is 0 Å². The quantitative estimate of drug-likeness (QED) is 0.874. The van der Waals surface area contributed by atoms with E-state index in [1.54, 1.807) is 0 Å². The SMILES string of the molecule is CN(c1ccc(F)cc1F)S(=O)(=O)c1cccc(F)c1. The minimum atomic E-state index is -4.12. The molecule has 0 radical (unpaired) electrons. The highest BCUT2D eigenvalue weighted by Crippen LogP contribution is 2.25. The van der Waals surface area contributed by atoms with Crippen molar-refractivity contribution in [3.8, 4) is 0 Å². The van der Waals surface area contributed by atoms with E-state index in [1.807, 2.05) is 0 Å². The Bertz CT molecular complexity index is 747. The molecule has 0 unspecified atom stereocenters. The highest BCUT2D eigenvalue weighted by atomic mass is 32.2. The zero-order valence-electron chi connectivity index (χ0n) is 10.3. The largest absolute Gasteiger partial charge is 0.266 e. The molecule has 0 bridgehead atoms. The number of hydrogen-bond acceptors (Lipinski definition) is 2. The Morgan fingerprint density at radius 1 is 0.950 bits per heavy atom. The minimum Gasteiger partial charge on any atom is -0.266 e. The Morgan fingerprint density at radius 2 is 1.60 bits per heavy atom. The summed E-state index contributed by atoms with van der Waals surface area (Å²) >= 11 is 0. The molecule has 2 aromatic rings. The second kappa shape index (κ2) is 5.16. The lowest BCUT2D eigenvalue weighted by Gasteiger charge is -2.20. The van der Waals surface area contributed by atoms with Gasteiger partial charge < -0.3 is 0 Å². The average molecular weight is 301 g/mol. The fourth-order valence-electron chi connectivity index (χ4n) is 1.65. The van der Waals surface area contributed by atoms with Gasteiger partial charge in [-0.25, -0.2) is 21.6 Å². The lowest BCUT2D eigenvalue weighted by atomic mass is 10.3. The summed E-state index contributed by atoms with van der Waals surface area (Å²) in [6.07, 6.45) is 0. The van der Waals surface area contributed by atoms with Gasteiger partial charge in [0, 0.05) is 13.1 Å². The van der Waals surface area contributed by atoms with E-state index in [4.69, 9.17) is 0 Å². The highest BCUT2D eigenvalue weighted by molar-refractivity contribution is 7.92. The first kappa shape index (κ1) is 14.4. The molecule has 0 fully saturated rings. The summed E-state index contributed by atoms with van der Waals surface area (Å²) in [6, 6.07) is 6.86. The van der Waals surface area contributed by atoms with E-state index < -0.39 is 27.5 Å². The van der Waals surface area contributed by atoms with Gasteiger partial charge in [0.15, 0.2) is 0 Å². The molecule has 0 aliphatic rings. The van der Waals surface area contributed by atoms with Crippen molar-refractivity contribution in [3.05, 3.63) is 59.9 Å². The normalized spacial score (nSPS) is 11.4. The number of sulfonamides is 1. The second-order valence-corrected chi connectivity index (χ2v) is 5.99. The first-order valence-electron chi connectivity index (χ1n) is 5.52. The Hall–Kier alpha value is -2.02. The van der Waals surface area contributed by atoms with E-state index in [2.05, 4.69) is 0 Å². The van der Waals surface area contributed by atoms with Gasteiger partial charge in [0.2, 0.25) is 0 Å². The van der Waals surface area contributed by atoms with Crippen LogP contribution >= 0.6 is 0 Å². The summed E-state index contributed by atoms with van der Waals surface area (Å²) < 4.78 is 64.6. The summed E-state index contributed by atoms with van der Waals surface area (Å²) in [4.78, 5) is -0.316. The van der Waals surface area contributed by atoms with Gasteiger partial charge in [-0.05, 0) is 30.3 Å². The fourth-order valence-corrected chi connectivity index (χ4v) is 2.89. The smallest absolute Gasteiger partial charge is 0.264 e. The van der Waals surface area contributed by atoms with Crippen molar-refractivity contribution in [3.63, 3.8) is 0 Å². The second-order valence-electron chi connectivity index (χ2n) is 4.03. The van der Waals surface area contributed by atoms with Crippen molar-refractivity contribution in [2.75, 3.05) is 11.4 Å². The summed E-state index contributed by atoms with van der Waals surface area (Å²) in [7, 11) is -3.01. The van der Waals surface area contributed by atoms with E-state index in [0.717, 1.165) is 31.3 Å². The molecule has 7 heteroatoms. The van der Waals surface area contributed by atoms with Crippen molar-refractivity contribution in [1.82, 2.24) is 0 Å². The topological polar surface area (TPSA) is 37.4 Å². The number of nitrogens with zero attached hydrogens (tertiary/aromatic N) is 1. The first-order valence-corrected chi connectivity index (χ1v) is 6.96. The molecular formula is C13H10F3NO2S. The molecule has 0 saturated heterocycles. The maximum absolute atomic E-state index is 13.6. The number of benzene rings is 2. The lowest BCUT2D eigenvalue weighted by molar-refractivity contribution is 0.575. The zero-order chi connectivity index (χ0) is 14.9. The highest BCUT2D eigenvalue weighted by Gasteiger charge is 2.24. The third kappa shape index (κ3) is 2.62. The van der Waals surface area contributed by atoms with E-state index in [1.165, 1.54) is 12.1 Å². The Kier molecular flexibility index (Phi) is 3.71. The van der Waals surface area contributed by atoms with Gasteiger partial charge in [-0.15, -0.1) is 0 Å². The molecule has 0 amide bonds. The number of hydrogen-bond donors (Lipinski definition) is 0. The molecule has 106 valence electrons. The van der Waals surface area contributed by atoms with Crippen LogP contribution in [-0.2, 0) is 10.0 Å². The van der Waals surface area contributed by atoms with Crippen LogP contribution in [0.2, 0.25) is 0 Å². The van der Waals surface area contributed by atoms with E-state index >= 15 is 0 Å². The van der Waals surface area contributed by atoms with E-state index in [-0.39, 0.29) is 10.6 Å². The van der Waals surface area contributed by atoms with Crippen LogP contribution in [0.25, 0.3) is 0 Å². The van der Waals surface area contributed by atoms with Gasteiger partial charge in [0.1, 0.15) is 17.5 Å². The van der Waals surface area contributed by atoms with Crippen LogP contribution in [0.15, 0.2) is 47.4 Å². The Morgan fingerprint density at radius 3 is 2.20 bits per heavy atom. The van der Waals surface area contributed by atoms with Gasteiger partial charge in [-0.1, -0.05) is 6.07 Å². The van der Waals surface area contributed by atoms with Gasteiger partial charge in [-0.2, -0.15) is 0 Å². The van der Waals surface area contributed by atoms with Crippen LogP contribution in [0.3, 0.4) is 0 Å². The molecule has 0 aliphatic heterocycles. The van der Waals surface area contributed by atoms with Crippen molar-refractivity contribution >= 4 is 15.7 Å². The molecule has 3 nitrogen and oxygen atoms in total. The average Bonchev–Trinajstić information content (AvgIpc) is 2.38. The summed E-state index contributed by atoms with van der Waals surface area (Å²) in [5, 5.41) is 0. The predicted octanol–water partition coefficient (Wildman–Crippen LogP) is 2.93. The van der Waals surface area contributed by atoms with Crippen molar-refractivity contribution in [2.45, 2.75) is 4.90 Å². The van der Waals surface area contributed by atoms with E-state index in [0.29, 0.717) is 10.4 Å². The van der Waals surface area contributed by atoms with Crippen LogP contribution in [0.1, 0.15) is 0 Å². The monoisotopic (exact) mass is 301 g/mol. The molecule has 0 N–H and O–H groups in total. The molecule has 0 aromatic heterocycles. The number of halogens is 3. The first-order chi connectivity index (χ1) is 9.32. The molecule has 0 heterocycles. The summed E-state index contributed by atoms with van der Waals surface area (Å²) in [6.45, 7) is 0. The zero-order valence-corrected chi connectivity index (χ0v) is 11.2. The fraction of sp³-hybridized carbons (Fsp3) is 0.0769.